The number of fused-ring (bicyclic) bond motifs is 1. The van der Waals surface area contributed by atoms with E-state index in [0.717, 1.165) is 42.0 Å². The number of anilines is 1. The number of nitrogens with zero attached hydrogens (tertiary/aromatic N) is 3. The largest absolute Gasteiger partial charge is 0.481 e. The van der Waals surface area contributed by atoms with E-state index < -0.39 is 5.97 Å². The molecule has 7 heteroatoms. The number of carbonyl (C=O) groups is 1. The third kappa shape index (κ3) is 3.30. The van der Waals surface area contributed by atoms with Crippen LogP contribution in [0.3, 0.4) is 0 Å². The molecule has 0 unspecified atom stereocenters. The van der Waals surface area contributed by atoms with Crippen molar-refractivity contribution in [1.82, 2.24) is 9.97 Å². The van der Waals surface area contributed by atoms with Crippen LogP contribution in [-0.2, 0) is 9.53 Å². The van der Waals surface area contributed by atoms with Crippen molar-refractivity contribution in [2.24, 2.45) is 0 Å². The number of aromatic nitrogens is 2. The Balaban J connectivity index is 1.58. The van der Waals surface area contributed by atoms with E-state index in [4.69, 9.17) is 9.84 Å². The lowest BCUT2D eigenvalue weighted by atomic mass is 10.1. The molecule has 3 heterocycles. The van der Waals surface area contributed by atoms with Crippen LogP contribution in [0.25, 0.3) is 10.2 Å². The van der Waals surface area contributed by atoms with Crippen LogP contribution in [0, 0.1) is 0 Å². The first kappa shape index (κ1) is 14.2. The molecule has 2 aromatic heterocycles. The second-order valence-corrected chi connectivity index (χ2v) is 5.95. The van der Waals surface area contributed by atoms with E-state index >= 15 is 0 Å². The van der Waals surface area contributed by atoms with Crippen molar-refractivity contribution >= 4 is 33.3 Å². The number of thiophene rings is 1. The van der Waals surface area contributed by atoms with Gasteiger partial charge in [-0.2, -0.15) is 0 Å². The van der Waals surface area contributed by atoms with Gasteiger partial charge in [0.2, 0.25) is 0 Å². The van der Waals surface area contributed by atoms with Crippen molar-refractivity contribution in [2.45, 2.75) is 25.4 Å². The Morgan fingerprint density at radius 1 is 1.43 bits per heavy atom. The third-order valence-electron chi connectivity index (χ3n) is 3.64. The zero-order valence-corrected chi connectivity index (χ0v) is 12.4. The van der Waals surface area contributed by atoms with Crippen LogP contribution in [0.15, 0.2) is 17.8 Å². The predicted molar refractivity (Wildman–Crippen MR) is 80.9 cm³/mol. The molecule has 0 bridgehead atoms. The molecule has 0 saturated carbocycles. The number of hydrogen-bond acceptors (Lipinski definition) is 6. The minimum absolute atomic E-state index is 0.0714. The summed E-state index contributed by atoms with van der Waals surface area (Å²) in [5, 5.41) is 10.6. The molecule has 21 heavy (non-hydrogen) atoms. The maximum absolute atomic E-state index is 10.5. The molecule has 0 atom stereocenters. The highest BCUT2D eigenvalue weighted by Gasteiger charge is 2.22. The maximum Gasteiger partial charge on any atom is 0.305 e. The summed E-state index contributed by atoms with van der Waals surface area (Å²) < 4.78 is 6.74. The van der Waals surface area contributed by atoms with Gasteiger partial charge in [0, 0.05) is 13.1 Å². The smallest absolute Gasteiger partial charge is 0.305 e. The maximum atomic E-state index is 10.5. The van der Waals surface area contributed by atoms with Crippen LogP contribution >= 0.6 is 11.3 Å². The SMILES string of the molecule is O=C(O)CCOC1CCN(c2ncnc3ccsc23)CC1. The summed E-state index contributed by atoms with van der Waals surface area (Å²) in [5.41, 5.74) is 0.991. The summed E-state index contributed by atoms with van der Waals surface area (Å²) in [7, 11) is 0. The van der Waals surface area contributed by atoms with Gasteiger partial charge in [-0.25, -0.2) is 9.97 Å². The van der Waals surface area contributed by atoms with Gasteiger partial charge in [0.05, 0.1) is 29.3 Å². The zero-order chi connectivity index (χ0) is 14.7. The van der Waals surface area contributed by atoms with Crippen LogP contribution < -0.4 is 4.90 Å². The highest BCUT2D eigenvalue weighted by atomic mass is 32.1. The number of carboxylic acid groups (broad SMARTS) is 1. The molecule has 0 aromatic carbocycles. The fourth-order valence-electron chi connectivity index (χ4n) is 2.55. The summed E-state index contributed by atoms with van der Waals surface area (Å²) in [5.74, 6) is 0.187. The number of hydrogen-bond donors (Lipinski definition) is 1. The van der Waals surface area contributed by atoms with Crippen molar-refractivity contribution < 1.29 is 14.6 Å². The number of carboxylic acids is 1. The second-order valence-electron chi connectivity index (χ2n) is 5.03. The van der Waals surface area contributed by atoms with Crippen molar-refractivity contribution in [3.8, 4) is 0 Å². The number of rotatable bonds is 5. The van der Waals surface area contributed by atoms with Crippen molar-refractivity contribution in [1.29, 1.82) is 0 Å². The quantitative estimate of drug-likeness (QED) is 0.912. The third-order valence-corrected chi connectivity index (χ3v) is 4.53. The summed E-state index contributed by atoms with van der Waals surface area (Å²) in [6.07, 6.45) is 3.63. The first-order chi connectivity index (χ1) is 10.2. The molecule has 112 valence electrons. The van der Waals surface area contributed by atoms with E-state index in [1.54, 1.807) is 17.7 Å². The van der Waals surface area contributed by atoms with Gasteiger partial charge in [-0.1, -0.05) is 0 Å². The molecule has 2 aromatic rings. The molecule has 0 spiro atoms. The average molecular weight is 307 g/mol. The number of ether oxygens (including phenoxy) is 1. The molecular formula is C14H17N3O3S. The first-order valence-electron chi connectivity index (χ1n) is 7.00. The molecule has 1 N–H and O–H groups in total. The highest BCUT2D eigenvalue weighted by Crippen LogP contribution is 2.29. The Hall–Kier alpha value is -1.73. The number of piperidine rings is 1. The fourth-order valence-corrected chi connectivity index (χ4v) is 3.41. The Morgan fingerprint density at radius 2 is 2.24 bits per heavy atom. The Bertz CT molecular complexity index is 623. The lowest BCUT2D eigenvalue weighted by Gasteiger charge is -2.32. The van der Waals surface area contributed by atoms with E-state index in [0.29, 0.717) is 6.61 Å². The molecule has 0 amide bonds. The molecule has 0 radical (unpaired) electrons. The van der Waals surface area contributed by atoms with Gasteiger partial charge in [-0.05, 0) is 24.3 Å². The molecule has 6 nitrogen and oxygen atoms in total. The standard InChI is InChI=1S/C14H17N3O3S/c18-12(19)3-7-20-10-1-5-17(6-2-10)14-13-11(4-8-21-13)15-9-16-14/h4,8-10H,1-3,5-7H2,(H,18,19). The number of aliphatic carboxylic acids is 1. The Labute approximate surface area is 126 Å². The van der Waals surface area contributed by atoms with E-state index in [2.05, 4.69) is 14.9 Å². The first-order valence-corrected chi connectivity index (χ1v) is 7.88. The second kappa shape index (κ2) is 6.36. The highest BCUT2D eigenvalue weighted by molar-refractivity contribution is 7.17. The van der Waals surface area contributed by atoms with E-state index in [1.165, 1.54) is 0 Å². The molecule has 1 aliphatic heterocycles. The van der Waals surface area contributed by atoms with Gasteiger partial charge >= 0.3 is 5.97 Å². The minimum Gasteiger partial charge on any atom is -0.481 e. The molecule has 0 aliphatic carbocycles. The topological polar surface area (TPSA) is 75.6 Å². The van der Waals surface area contributed by atoms with Gasteiger partial charge in [-0.15, -0.1) is 11.3 Å². The van der Waals surface area contributed by atoms with Gasteiger partial charge < -0.3 is 14.7 Å². The van der Waals surface area contributed by atoms with Crippen LogP contribution in [0.5, 0.6) is 0 Å². The van der Waals surface area contributed by atoms with Crippen molar-refractivity contribution in [3.05, 3.63) is 17.8 Å². The monoisotopic (exact) mass is 307 g/mol. The van der Waals surface area contributed by atoms with Gasteiger partial charge in [-0.3, -0.25) is 4.79 Å². The van der Waals surface area contributed by atoms with Gasteiger partial charge in [0.15, 0.2) is 0 Å². The normalized spacial score (nSPS) is 16.5. The van der Waals surface area contributed by atoms with Gasteiger partial charge in [0.1, 0.15) is 12.1 Å². The molecule has 1 aliphatic rings. The van der Waals surface area contributed by atoms with Crippen molar-refractivity contribution in [3.63, 3.8) is 0 Å². The Morgan fingerprint density at radius 3 is 3.00 bits per heavy atom. The summed E-state index contributed by atoms with van der Waals surface area (Å²) in [4.78, 5) is 21.4. The summed E-state index contributed by atoms with van der Waals surface area (Å²) in [6.45, 7) is 2.05. The fraction of sp³-hybridized carbons (Fsp3) is 0.500. The summed E-state index contributed by atoms with van der Waals surface area (Å²) >= 11 is 1.66. The van der Waals surface area contributed by atoms with Crippen LogP contribution in [0.1, 0.15) is 19.3 Å². The van der Waals surface area contributed by atoms with Crippen LogP contribution in [0.2, 0.25) is 0 Å². The van der Waals surface area contributed by atoms with Crippen LogP contribution in [-0.4, -0.2) is 46.8 Å². The van der Waals surface area contributed by atoms with E-state index in [9.17, 15) is 4.79 Å². The molecular weight excluding hydrogens is 290 g/mol. The molecule has 3 rings (SSSR count). The molecule has 1 fully saturated rings. The summed E-state index contributed by atoms with van der Waals surface area (Å²) in [6, 6.07) is 2.01. The lowest BCUT2D eigenvalue weighted by Crippen LogP contribution is -2.37. The minimum atomic E-state index is -0.812. The van der Waals surface area contributed by atoms with Crippen LogP contribution in [0.4, 0.5) is 5.82 Å². The zero-order valence-electron chi connectivity index (χ0n) is 11.6. The lowest BCUT2D eigenvalue weighted by molar-refractivity contribution is -0.138. The Kier molecular flexibility index (Phi) is 4.31. The predicted octanol–water partition coefficient (Wildman–Crippen LogP) is 2.15. The van der Waals surface area contributed by atoms with E-state index in [-0.39, 0.29) is 12.5 Å². The van der Waals surface area contributed by atoms with Gasteiger partial charge in [0.25, 0.3) is 0 Å². The molecule has 1 saturated heterocycles. The van der Waals surface area contributed by atoms with Crippen molar-refractivity contribution in [2.75, 3.05) is 24.6 Å². The van der Waals surface area contributed by atoms with E-state index in [1.807, 2.05) is 11.4 Å². The average Bonchev–Trinajstić information content (AvgIpc) is 2.96.